The van der Waals surface area contributed by atoms with Crippen LogP contribution in [0.25, 0.3) is 16.7 Å². The SMILES string of the molecule is CCc1ccccc1-n1c(CCl)nc2cc(F)ccc21. The lowest BCUT2D eigenvalue weighted by molar-refractivity contribution is 0.629. The Labute approximate surface area is 121 Å². The largest absolute Gasteiger partial charge is 0.295 e. The minimum atomic E-state index is -0.285. The third kappa shape index (κ3) is 2.08. The summed E-state index contributed by atoms with van der Waals surface area (Å²) < 4.78 is 15.4. The molecule has 0 amide bonds. The number of rotatable bonds is 3. The van der Waals surface area contributed by atoms with Crippen molar-refractivity contribution in [3.05, 3.63) is 59.7 Å². The van der Waals surface area contributed by atoms with E-state index < -0.39 is 0 Å². The number of aryl methyl sites for hydroxylation is 1. The number of hydrogen-bond acceptors (Lipinski definition) is 1. The van der Waals surface area contributed by atoms with Gasteiger partial charge in [-0.2, -0.15) is 0 Å². The van der Waals surface area contributed by atoms with Crippen molar-refractivity contribution >= 4 is 22.6 Å². The quantitative estimate of drug-likeness (QED) is 0.650. The Hall–Kier alpha value is -1.87. The summed E-state index contributed by atoms with van der Waals surface area (Å²) in [5.41, 5.74) is 3.77. The highest BCUT2D eigenvalue weighted by molar-refractivity contribution is 6.17. The number of halogens is 2. The molecule has 1 heterocycles. The molecule has 0 fully saturated rings. The second-order valence-electron chi connectivity index (χ2n) is 4.61. The number of benzene rings is 2. The molecule has 0 bridgehead atoms. The van der Waals surface area contributed by atoms with E-state index in [0.717, 1.165) is 23.4 Å². The van der Waals surface area contributed by atoms with Crippen molar-refractivity contribution in [2.45, 2.75) is 19.2 Å². The maximum Gasteiger partial charge on any atom is 0.129 e. The zero-order chi connectivity index (χ0) is 14.1. The average Bonchev–Trinajstić information content (AvgIpc) is 2.84. The molecule has 3 aromatic rings. The summed E-state index contributed by atoms with van der Waals surface area (Å²) in [6.45, 7) is 2.11. The number of nitrogens with zero attached hydrogens (tertiary/aromatic N) is 2. The first-order valence-corrected chi connectivity index (χ1v) is 7.09. The van der Waals surface area contributed by atoms with E-state index in [1.165, 1.54) is 17.7 Å². The lowest BCUT2D eigenvalue weighted by atomic mass is 10.1. The van der Waals surface area contributed by atoms with Crippen LogP contribution < -0.4 is 0 Å². The molecule has 1 aromatic heterocycles. The van der Waals surface area contributed by atoms with Crippen molar-refractivity contribution in [3.8, 4) is 5.69 Å². The summed E-state index contributed by atoms with van der Waals surface area (Å²) in [5, 5.41) is 0. The molecule has 0 saturated carbocycles. The zero-order valence-corrected chi connectivity index (χ0v) is 11.9. The van der Waals surface area contributed by atoms with Crippen molar-refractivity contribution in [2.24, 2.45) is 0 Å². The van der Waals surface area contributed by atoms with Gasteiger partial charge in [0.1, 0.15) is 11.6 Å². The number of fused-ring (bicyclic) bond motifs is 1. The van der Waals surface area contributed by atoms with Gasteiger partial charge in [-0.3, -0.25) is 4.57 Å². The van der Waals surface area contributed by atoms with Crippen molar-refractivity contribution in [3.63, 3.8) is 0 Å². The predicted octanol–water partition coefficient (Wildman–Crippen LogP) is 4.47. The molecule has 2 nitrogen and oxygen atoms in total. The van der Waals surface area contributed by atoms with Gasteiger partial charge in [0.05, 0.1) is 22.6 Å². The Morgan fingerprint density at radius 2 is 2.00 bits per heavy atom. The highest BCUT2D eigenvalue weighted by Crippen LogP contribution is 2.25. The first-order valence-electron chi connectivity index (χ1n) is 6.55. The van der Waals surface area contributed by atoms with Gasteiger partial charge >= 0.3 is 0 Å². The highest BCUT2D eigenvalue weighted by atomic mass is 35.5. The molecule has 0 aliphatic rings. The van der Waals surface area contributed by atoms with Gasteiger partial charge in [-0.1, -0.05) is 25.1 Å². The van der Waals surface area contributed by atoms with Gasteiger partial charge in [-0.15, -0.1) is 11.6 Å². The fourth-order valence-electron chi connectivity index (χ4n) is 2.49. The Morgan fingerprint density at radius 3 is 2.75 bits per heavy atom. The van der Waals surface area contributed by atoms with Crippen molar-refractivity contribution < 1.29 is 4.39 Å². The number of alkyl halides is 1. The summed E-state index contributed by atoms with van der Waals surface area (Å²) in [6.07, 6.45) is 0.915. The molecule has 0 N–H and O–H groups in total. The van der Waals surface area contributed by atoms with Crippen LogP contribution in [0.3, 0.4) is 0 Å². The highest BCUT2D eigenvalue weighted by Gasteiger charge is 2.14. The summed E-state index contributed by atoms with van der Waals surface area (Å²) in [5.74, 6) is 0.731. The predicted molar refractivity (Wildman–Crippen MR) is 80.0 cm³/mol. The molecule has 0 unspecified atom stereocenters. The second kappa shape index (κ2) is 5.25. The molecule has 0 atom stereocenters. The van der Waals surface area contributed by atoms with Crippen molar-refractivity contribution in [1.29, 1.82) is 0 Å². The lowest BCUT2D eigenvalue weighted by Gasteiger charge is -2.12. The molecule has 0 aliphatic heterocycles. The maximum absolute atomic E-state index is 13.3. The van der Waals surface area contributed by atoms with E-state index in [1.807, 2.05) is 22.8 Å². The van der Waals surface area contributed by atoms with Crippen LogP contribution in [0.2, 0.25) is 0 Å². The van der Waals surface area contributed by atoms with Crippen molar-refractivity contribution in [1.82, 2.24) is 9.55 Å². The third-order valence-electron chi connectivity index (χ3n) is 3.42. The topological polar surface area (TPSA) is 17.8 Å². The molecule has 20 heavy (non-hydrogen) atoms. The van der Waals surface area contributed by atoms with Crippen LogP contribution in [0.5, 0.6) is 0 Å². The van der Waals surface area contributed by atoms with Gasteiger partial charge in [-0.05, 0) is 30.2 Å². The van der Waals surface area contributed by atoms with Gasteiger partial charge in [0, 0.05) is 6.07 Å². The Morgan fingerprint density at radius 1 is 1.20 bits per heavy atom. The minimum Gasteiger partial charge on any atom is -0.295 e. The molecule has 0 radical (unpaired) electrons. The maximum atomic E-state index is 13.3. The molecular weight excluding hydrogens is 275 g/mol. The molecule has 0 saturated heterocycles. The summed E-state index contributed by atoms with van der Waals surface area (Å²) in [4.78, 5) is 4.43. The van der Waals surface area contributed by atoms with Gasteiger partial charge in [0.2, 0.25) is 0 Å². The fraction of sp³-hybridized carbons (Fsp3) is 0.188. The van der Waals surface area contributed by atoms with E-state index in [9.17, 15) is 4.39 Å². The summed E-state index contributed by atoms with van der Waals surface area (Å²) >= 11 is 6.01. The molecule has 2 aromatic carbocycles. The van der Waals surface area contributed by atoms with Crippen molar-refractivity contribution in [2.75, 3.05) is 0 Å². The summed E-state index contributed by atoms with van der Waals surface area (Å²) in [6, 6.07) is 12.8. The van der Waals surface area contributed by atoms with Crippen LogP contribution in [0.15, 0.2) is 42.5 Å². The molecule has 0 aliphatic carbocycles. The van der Waals surface area contributed by atoms with Crippen LogP contribution in [-0.2, 0) is 12.3 Å². The molecule has 0 spiro atoms. The van der Waals surface area contributed by atoms with Gasteiger partial charge < -0.3 is 0 Å². The van der Waals surface area contributed by atoms with Crippen LogP contribution in [0.4, 0.5) is 4.39 Å². The van der Waals surface area contributed by atoms with E-state index in [-0.39, 0.29) is 11.7 Å². The fourth-order valence-corrected chi connectivity index (χ4v) is 2.67. The standard InChI is InChI=1S/C16H14ClFN2/c1-2-11-5-3-4-6-14(11)20-15-8-7-12(18)9-13(15)19-16(20)10-17/h3-9H,2,10H2,1H3. The lowest BCUT2D eigenvalue weighted by Crippen LogP contribution is -2.02. The smallest absolute Gasteiger partial charge is 0.129 e. The average molecular weight is 289 g/mol. The monoisotopic (exact) mass is 288 g/mol. The molecule has 102 valence electrons. The first kappa shape index (κ1) is 13.1. The Kier molecular flexibility index (Phi) is 3.45. The van der Waals surface area contributed by atoms with Crippen LogP contribution >= 0.6 is 11.6 Å². The van der Waals surface area contributed by atoms with E-state index >= 15 is 0 Å². The van der Waals surface area contributed by atoms with Crippen LogP contribution in [0.1, 0.15) is 18.3 Å². The molecule has 4 heteroatoms. The first-order chi connectivity index (χ1) is 9.74. The number of para-hydroxylation sites is 1. The number of imidazole rings is 1. The van der Waals surface area contributed by atoms with E-state index in [4.69, 9.17) is 11.6 Å². The Bertz CT molecular complexity index is 764. The summed E-state index contributed by atoms with van der Waals surface area (Å²) in [7, 11) is 0. The molecule has 3 rings (SSSR count). The van der Waals surface area contributed by atoms with Gasteiger partial charge in [0.25, 0.3) is 0 Å². The third-order valence-corrected chi connectivity index (χ3v) is 3.66. The van der Waals surface area contributed by atoms with Crippen LogP contribution in [-0.4, -0.2) is 9.55 Å². The van der Waals surface area contributed by atoms with E-state index in [0.29, 0.717) is 5.52 Å². The normalized spacial score (nSPS) is 11.2. The minimum absolute atomic E-state index is 0.285. The van der Waals surface area contributed by atoms with Gasteiger partial charge in [-0.25, -0.2) is 9.37 Å². The van der Waals surface area contributed by atoms with Crippen LogP contribution in [0, 0.1) is 5.82 Å². The second-order valence-corrected chi connectivity index (χ2v) is 4.88. The number of hydrogen-bond donors (Lipinski definition) is 0. The van der Waals surface area contributed by atoms with E-state index in [2.05, 4.69) is 18.0 Å². The van der Waals surface area contributed by atoms with Gasteiger partial charge in [0.15, 0.2) is 0 Å². The number of aromatic nitrogens is 2. The van der Waals surface area contributed by atoms with E-state index in [1.54, 1.807) is 6.07 Å². The Balaban J connectivity index is 2.34. The zero-order valence-electron chi connectivity index (χ0n) is 11.1. The molecular formula is C16H14ClFN2.